The van der Waals surface area contributed by atoms with Gasteiger partial charge in [-0.1, -0.05) is 0 Å². The van der Waals surface area contributed by atoms with Gasteiger partial charge in [0, 0.05) is 30.7 Å². The summed E-state index contributed by atoms with van der Waals surface area (Å²) in [5.74, 6) is 0. The second kappa shape index (κ2) is 4.42. The molecule has 0 bridgehead atoms. The van der Waals surface area contributed by atoms with Gasteiger partial charge in [-0.25, -0.2) is 4.98 Å². The molecule has 0 amide bonds. The van der Waals surface area contributed by atoms with Crippen LogP contribution in [-0.4, -0.2) is 24.1 Å². The first-order valence-electron chi connectivity index (χ1n) is 4.12. The van der Waals surface area contributed by atoms with Crippen LogP contribution in [0.1, 0.15) is 13.8 Å². The summed E-state index contributed by atoms with van der Waals surface area (Å²) in [5.41, 5.74) is 5.51. The molecule has 0 aliphatic rings. The van der Waals surface area contributed by atoms with E-state index >= 15 is 0 Å². The molecule has 0 saturated carbocycles. The fourth-order valence-corrected chi connectivity index (χ4v) is 1.87. The quantitative estimate of drug-likeness (QED) is 0.769. The minimum Gasteiger partial charge on any atom is -0.344 e. The van der Waals surface area contributed by atoms with Gasteiger partial charge in [0.2, 0.25) is 0 Å². The highest BCUT2D eigenvalue weighted by Gasteiger charge is 2.10. The zero-order valence-corrected chi connectivity index (χ0v) is 8.34. The summed E-state index contributed by atoms with van der Waals surface area (Å²) < 4.78 is 0. The lowest BCUT2D eigenvalue weighted by Gasteiger charge is -2.25. The van der Waals surface area contributed by atoms with E-state index < -0.39 is 0 Å². The maximum Gasteiger partial charge on any atom is 0.185 e. The molecule has 1 heterocycles. The van der Waals surface area contributed by atoms with E-state index in [2.05, 4.69) is 23.7 Å². The Morgan fingerprint density at radius 3 is 2.83 bits per heavy atom. The van der Waals surface area contributed by atoms with Crippen molar-refractivity contribution in [1.82, 2.24) is 4.98 Å². The Labute approximate surface area is 77.2 Å². The van der Waals surface area contributed by atoms with Gasteiger partial charge in [-0.05, 0) is 13.8 Å². The summed E-state index contributed by atoms with van der Waals surface area (Å²) in [6.07, 6.45) is 1.83. The molecule has 1 aromatic rings. The highest BCUT2D eigenvalue weighted by molar-refractivity contribution is 7.13. The van der Waals surface area contributed by atoms with Crippen LogP contribution in [-0.2, 0) is 0 Å². The third kappa shape index (κ3) is 2.19. The first kappa shape index (κ1) is 9.48. The van der Waals surface area contributed by atoms with Gasteiger partial charge in [-0.3, -0.25) is 0 Å². The highest BCUT2D eigenvalue weighted by Crippen LogP contribution is 2.18. The number of hydrogen-bond donors (Lipinski definition) is 1. The second-order valence-electron chi connectivity index (χ2n) is 2.89. The molecule has 68 valence electrons. The maximum atomic E-state index is 5.51. The van der Waals surface area contributed by atoms with Gasteiger partial charge in [-0.15, -0.1) is 11.3 Å². The third-order valence-corrected chi connectivity index (χ3v) is 2.47. The summed E-state index contributed by atoms with van der Waals surface area (Å²) >= 11 is 1.66. The lowest BCUT2D eigenvalue weighted by Crippen LogP contribution is -2.35. The molecule has 12 heavy (non-hydrogen) atoms. The van der Waals surface area contributed by atoms with Gasteiger partial charge < -0.3 is 10.6 Å². The van der Waals surface area contributed by atoms with E-state index in [1.165, 1.54) is 0 Å². The Balaban J connectivity index is 2.66. The van der Waals surface area contributed by atoms with E-state index in [0.29, 0.717) is 12.6 Å². The van der Waals surface area contributed by atoms with Gasteiger partial charge in [0.05, 0.1) is 0 Å². The van der Waals surface area contributed by atoms with E-state index in [1.807, 2.05) is 11.6 Å². The van der Waals surface area contributed by atoms with Crippen LogP contribution in [0.25, 0.3) is 0 Å². The molecule has 0 aromatic carbocycles. The molecule has 3 nitrogen and oxygen atoms in total. The van der Waals surface area contributed by atoms with Crippen molar-refractivity contribution in [3.05, 3.63) is 11.6 Å². The van der Waals surface area contributed by atoms with Gasteiger partial charge in [0.15, 0.2) is 5.13 Å². The van der Waals surface area contributed by atoms with Crippen LogP contribution >= 0.6 is 11.3 Å². The maximum absolute atomic E-state index is 5.51. The van der Waals surface area contributed by atoms with Crippen LogP contribution in [0.3, 0.4) is 0 Å². The molecule has 0 spiro atoms. The van der Waals surface area contributed by atoms with Gasteiger partial charge >= 0.3 is 0 Å². The minimum atomic E-state index is 0.472. The lowest BCUT2D eigenvalue weighted by molar-refractivity contribution is 0.682. The predicted molar refractivity (Wildman–Crippen MR) is 53.7 cm³/mol. The average molecular weight is 185 g/mol. The zero-order chi connectivity index (χ0) is 8.97. The van der Waals surface area contributed by atoms with E-state index in [-0.39, 0.29) is 0 Å². The fraction of sp³-hybridized carbons (Fsp3) is 0.625. The second-order valence-corrected chi connectivity index (χ2v) is 3.76. The van der Waals surface area contributed by atoms with E-state index in [1.54, 1.807) is 11.3 Å². The zero-order valence-electron chi connectivity index (χ0n) is 7.53. The number of aromatic nitrogens is 1. The molecule has 0 unspecified atom stereocenters. The third-order valence-electron chi connectivity index (χ3n) is 1.66. The molecule has 0 fully saturated rings. The Morgan fingerprint density at radius 1 is 1.67 bits per heavy atom. The van der Waals surface area contributed by atoms with Crippen molar-refractivity contribution >= 4 is 16.5 Å². The number of rotatable bonds is 4. The van der Waals surface area contributed by atoms with Crippen molar-refractivity contribution in [2.45, 2.75) is 19.9 Å². The normalized spacial score (nSPS) is 10.7. The summed E-state index contributed by atoms with van der Waals surface area (Å²) in [7, 11) is 0. The van der Waals surface area contributed by atoms with Gasteiger partial charge in [0.1, 0.15) is 0 Å². The van der Waals surface area contributed by atoms with Crippen LogP contribution in [0.5, 0.6) is 0 Å². The molecule has 0 aliphatic heterocycles. The first-order valence-corrected chi connectivity index (χ1v) is 5.00. The van der Waals surface area contributed by atoms with E-state index in [4.69, 9.17) is 5.73 Å². The lowest BCUT2D eigenvalue weighted by atomic mass is 10.3. The first-order chi connectivity index (χ1) is 5.75. The van der Waals surface area contributed by atoms with Crippen LogP contribution in [0.4, 0.5) is 5.13 Å². The molecule has 0 atom stereocenters. The summed E-state index contributed by atoms with van der Waals surface area (Å²) in [5, 5.41) is 3.05. The van der Waals surface area contributed by atoms with Gasteiger partial charge in [0.25, 0.3) is 0 Å². The molecule has 1 rings (SSSR count). The van der Waals surface area contributed by atoms with Crippen LogP contribution in [0.2, 0.25) is 0 Å². The van der Waals surface area contributed by atoms with Crippen molar-refractivity contribution in [1.29, 1.82) is 0 Å². The van der Waals surface area contributed by atoms with Crippen molar-refractivity contribution in [3.8, 4) is 0 Å². The van der Waals surface area contributed by atoms with Crippen molar-refractivity contribution in [2.24, 2.45) is 5.73 Å². The van der Waals surface area contributed by atoms with Crippen molar-refractivity contribution in [3.63, 3.8) is 0 Å². The van der Waals surface area contributed by atoms with E-state index in [9.17, 15) is 0 Å². The highest BCUT2D eigenvalue weighted by atomic mass is 32.1. The Kier molecular flexibility index (Phi) is 3.49. The molecule has 4 heteroatoms. The summed E-state index contributed by atoms with van der Waals surface area (Å²) in [4.78, 5) is 6.46. The molecule has 0 aliphatic carbocycles. The Bertz CT molecular complexity index is 208. The smallest absolute Gasteiger partial charge is 0.185 e. The summed E-state index contributed by atoms with van der Waals surface area (Å²) in [6.45, 7) is 5.86. The summed E-state index contributed by atoms with van der Waals surface area (Å²) in [6, 6.07) is 0.472. The Morgan fingerprint density at radius 2 is 2.42 bits per heavy atom. The molecule has 1 aromatic heterocycles. The van der Waals surface area contributed by atoms with Crippen LogP contribution in [0.15, 0.2) is 11.6 Å². The van der Waals surface area contributed by atoms with Crippen LogP contribution in [0, 0.1) is 0 Å². The molecular weight excluding hydrogens is 170 g/mol. The molecular formula is C8H15N3S. The predicted octanol–water partition coefficient (Wildman–Crippen LogP) is 1.32. The van der Waals surface area contributed by atoms with Crippen molar-refractivity contribution < 1.29 is 0 Å². The number of hydrogen-bond acceptors (Lipinski definition) is 4. The molecule has 2 N–H and O–H groups in total. The SMILES string of the molecule is CC(C)N(CCN)c1nccs1. The number of nitrogens with two attached hydrogens (primary N) is 1. The fourth-order valence-electron chi connectivity index (χ4n) is 1.07. The Hall–Kier alpha value is -0.610. The monoisotopic (exact) mass is 185 g/mol. The molecule has 0 saturated heterocycles. The standard InChI is InChI=1S/C8H15N3S/c1-7(2)11(5-3-9)8-10-4-6-12-8/h4,6-7H,3,5,9H2,1-2H3. The largest absolute Gasteiger partial charge is 0.344 e. The van der Waals surface area contributed by atoms with E-state index in [0.717, 1.165) is 11.7 Å². The molecule has 0 radical (unpaired) electrons. The van der Waals surface area contributed by atoms with Crippen LogP contribution < -0.4 is 10.6 Å². The van der Waals surface area contributed by atoms with Gasteiger partial charge in [-0.2, -0.15) is 0 Å². The number of anilines is 1. The average Bonchev–Trinajstić information content (AvgIpc) is 2.51. The number of nitrogens with zero attached hydrogens (tertiary/aromatic N) is 2. The minimum absolute atomic E-state index is 0.472. The topological polar surface area (TPSA) is 42.1 Å². The van der Waals surface area contributed by atoms with Crippen molar-refractivity contribution in [2.75, 3.05) is 18.0 Å². The number of thiazole rings is 1.